The van der Waals surface area contributed by atoms with Crippen molar-refractivity contribution in [1.82, 2.24) is 0 Å². The van der Waals surface area contributed by atoms with E-state index in [1.165, 1.54) is 5.88 Å². The molecule has 0 aromatic heterocycles. The summed E-state index contributed by atoms with van der Waals surface area (Å²) in [5.74, 6) is 1.44. The van der Waals surface area contributed by atoms with Crippen LogP contribution in [0.15, 0.2) is 30.3 Å². The molecule has 0 nitrogen and oxygen atoms in total. The van der Waals surface area contributed by atoms with Crippen LogP contribution in [0.1, 0.15) is 10.9 Å². The summed E-state index contributed by atoms with van der Waals surface area (Å²) in [6.07, 6.45) is 0. The van der Waals surface area contributed by atoms with E-state index >= 15 is 0 Å². The molecule has 1 aromatic carbocycles. The van der Waals surface area contributed by atoms with E-state index in [-0.39, 0.29) is 5.38 Å². The highest BCUT2D eigenvalue weighted by Gasteiger charge is 2.03. The topological polar surface area (TPSA) is 0 Å². The lowest BCUT2D eigenvalue weighted by atomic mass is 10.2. The van der Waals surface area contributed by atoms with E-state index in [2.05, 4.69) is 0 Å². The lowest BCUT2D eigenvalue weighted by molar-refractivity contribution is 1.18. The second-order valence-corrected chi connectivity index (χ2v) is 2.66. The molecule has 0 aliphatic heterocycles. The monoisotopic (exact) mass is 173 g/mol. The zero-order chi connectivity index (χ0) is 7.40. The number of hydrogen-bond donors (Lipinski definition) is 0. The molecule has 2 heteroatoms. The molecule has 0 saturated carbocycles. The highest BCUT2D eigenvalue weighted by atomic mass is 35.5. The van der Waals surface area contributed by atoms with Crippen LogP contribution >= 0.6 is 23.2 Å². The van der Waals surface area contributed by atoms with Gasteiger partial charge in [-0.3, -0.25) is 0 Å². The van der Waals surface area contributed by atoms with Crippen LogP contribution < -0.4 is 0 Å². The third-order valence-corrected chi connectivity index (χ3v) is 1.99. The first kappa shape index (κ1) is 7.90. The third kappa shape index (κ3) is 1.89. The first-order valence-electron chi connectivity index (χ1n) is 2.97. The second-order valence-electron chi connectivity index (χ2n) is 1.94. The number of alkyl halides is 1. The molecule has 0 N–H and O–H groups in total. The van der Waals surface area contributed by atoms with Crippen molar-refractivity contribution >= 4 is 23.2 Å². The molecule has 0 aliphatic carbocycles. The van der Waals surface area contributed by atoms with Crippen LogP contribution in [-0.2, 0) is 0 Å². The van der Waals surface area contributed by atoms with Crippen molar-refractivity contribution in [3.63, 3.8) is 0 Å². The first-order valence-corrected chi connectivity index (χ1v) is 3.84. The predicted molar refractivity (Wildman–Crippen MR) is 45.2 cm³/mol. The van der Waals surface area contributed by atoms with E-state index in [1.807, 2.05) is 30.3 Å². The number of rotatable bonds is 2. The first-order chi connectivity index (χ1) is 4.84. The van der Waals surface area contributed by atoms with Gasteiger partial charge in [0.15, 0.2) is 0 Å². The van der Waals surface area contributed by atoms with Crippen molar-refractivity contribution in [1.29, 1.82) is 0 Å². The van der Waals surface area contributed by atoms with Gasteiger partial charge in [-0.15, -0.1) is 23.2 Å². The standard InChI is InChI=1S/C8H7Cl2/c9-6-8(10)7-4-2-1-3-5-7/h1-6,8H. The Hall–Kier alpha value is -0.200. The van der Waals surface area contributed by atoms with Gasteiger partial charge in [-0.05, 0) is 5.56 Å². The largest absolute Gasteiger partial charge is 0.119 e. The summed E-state index contributed by atoms with van der Waals surface area (Å²) in [6.45, 7) is 0. The van der Waals surface area contributed by atoms with E-state index in [0.29, 0.717) is 0 Å². The highest BCUT2D eigenvalue weighted by molar-refractivity contribution is 6.31. The molecule has 0 aliphatic rings. The van der Waals surface area contributed by atoms with E-state index in [9.17, 15) is 0 Å². The van der Waals surface area contributed by atoms with Gasteiger partial charge in [0.05, 0.1) is 11.3 Å². The molecule has 1 radical (unpaired) electrons. The Bertz CT molecular complexity index is 184. The Balaban J connectivity index is 2.75. The number of benzene rings is 1. The molecule has 0 heterocycles. The molecule has 0 spiro atoms. The lowest BCUT2D eigenvalue weighted by Gasteiger charge is -2.02. The van der Waals surface area contributed by atoms with Gasteiger partial charge in [0.2, 0.25) is 0 Å². The quantitative estimate of drug-likeness (QED) is 0.603. The summed E-state index contributed by atoms with van der Waals surface area (Å²) in [4.78, 5) is 0. The van der Waals surface area contributed by atoms with Crippen LogP contribution in [0, 0.1) is 5.88 Å². The van der Waals surface area contributed by atoms with Gasteiger partial charge in [-0.25, -0.2) is 0 Å². The van der Waals surface area contributed by atoms with Gasteiger partial charge in [-0.2, -0.15) is 0 Å². The minimum Gasteiger partial charge on any atom is -0.119 e. The third-order valence-electron chi connectivity index (χ3n) is 1.23. The van der Waals surface area contributed by atoms with E-state index in [1.54, 1.807) is 0 Å². The van der Waals surface area contributed by atoms with Gasteiger partial charge in [0.1, 0.15) is 0 Å². The average molecular weight is 174 g/mol. The SMILES string of the molecule is Cl[CH]C(Cl)c1ccccc1. The van der Waals surface area contributed by atoms with Gasteiger partial charge >= 0.3 is 0 Å². The van der Waals surface area contributed by atoms with Crippen molar-refractivity contribution in [3.8, 4) is 0 Å². The summed E-state index contributed by atoms with van der Waals surface area (Å²) >= 11 is 11.2. The minimum absolute atomic E-state index is 0.178. The molecule has 0 fully saturated rings. The molecule has 0 bridgehead atoms. The van der Waals surface area contributed by atoms with Crippen molar-refractivity contribution < 1.29 is 0 Å². The van der Waals surface area contributed by atoms with Crippen LogP contribution in [0.4, 0.5) is 0 Å². The summed E-state index contributed by atoms with van der Waals surface area (Å²) in [5, 5.41) is -0.178. The van der Waals surface area contributed by atoms with Gasteiger partial charge in [0.25, 0.3) is 0 Å². The van der Waals surface area contributed by atoms with E-state index in [4.69, 9.17) is 23.2 Å². The molecule has 1 rings (SSSR count). The molecule has 0 amide bonds. The fourth-order valence-electron chi connectivity index (χ4n) is 0.710. The average Bonchev–Trinajstić information content (AvgIpc) is 2.05. The molecule has 1 aromatic rings. The highest BCUT2D eigenvalue weighted by Crippen LogP contribution is 2.23. The van der Waals surface area contributed by atoms with Crippen LogP contribution in [-0.4, -0.2) is 0 Å². The zero-order valence-corrected chi connectivity index (χ0v) is 6.81. The minimum atomic E-state index is -0.178. The smallest absolute Gasteiger partial charge is 0.0764 e. The molecule has 0 saturated heterocycles. The Labute approximate surface area is 70.8 Å². The van der Waals surface area contributed by atoms with Crippen molar-refractivity contribution in [2.45, 2.75) is 5.38 Å². The summed E-state index contributed by atoms with van der Waals surface area (Å²) in [5.41, 5.74) is 1.03. The number of hydrogen-bond acceptors (Lipinski definition) is 0. The lowest BCUT2D eigenvalue weighted by Crippen LogP contribution is -1.84. The van der Waals surface area contributed by atoms with Crippen LogP contribution in [0.3, 0.4) is 0 Å². The van der Waals surface area contributed by atoms with Crippen molar-refractivity contribution in [2.75, 3.05) is 0 Å². The Morgan fingerprint density at radius 1 is 1.20 bits per heavy atom. The van der Waals surface area contributed by atoms with E-state index in [0.717, 1.165) is 5.56 Å². The number of halogens is 2. The summed E-state index contributed by atoms with van der Waals surface area (Å²) < 4.78 is 0. The van der Waals surface area contributed by atoms with Crippen LogP contribution in [0.5, 0.6) is 0 Å². The predicted octanol–water partition coefficient (Wildman–Crippen LogP) is 3.37. The maximum atomic E-state index is 5.80. The van der Waals surface area contributed by atoms with Gasteiger partial charge in [0, 0.05) is 0 Å². The Morgan fingerprint density at radius 2 is 1.80 bits per heavy atom. The van der Waals surface area contributed by atoms with Crippen molar-refractivity contribution in [3.05, 3.63) is 41.8 Å². The molecule has 1 atom stereocenters. The normalized spacial score (nSPS) is 13.0. The summed E-state index contributed by atoms with van der Waals surface area (Å²) in [7, 11) is 0. The Morgan fingerprint density at radius 3 is 2.30 bits per heavy atom. The molecule has 53 valence electrons. The maximum Gasteiger partial charge on any atom is 0.0764 e. The molecule has 1 unspecified atom stereocenters. The van der Waals surface area contributed by atoms with Gasteiger partial charge < -0.3 is 0 Å². The maximum absolute atomic E-state index is 5.80. The van der Waals surface area contributed by atoms with Gasteiger partial charge in [-0.1, -0.05) is 30.3 Å². The fourth-order valence-corrected chi connectivity index (χ4v) is 1.00. The second kappa shape index (κ2) is 3.85. The van der Waals surface area contributed by atoms with Crippen molar-refractivity contribution in [2.24, 2.45) is 0 Å². The van der Waals surface area contributed by atoms with Crippen LogP contribution in [0.2, 0.25) is 0 Å². The molecular formula is C8H7Cl2. The fraction of sp³-hybridized carbons (Fsp3) is 0.125. The van der Waals surface area contributed by atoms with E-state index < -0.39 is 0 Å². The summed E-state index contributed by atoms with van der Waals surface area (Å²) in [6, 6.07) is 9.70. The van der Waals surface area contributed by atoms with Crippen LogP contribution in [0.25, 0.3) is 0 Å². The Kier molecular flexibility index (Phi) is 3.04. The molecule has 10 heavy (non-hydrogen) atoms. The zero-order valence-electron chi connectivity index (χ0n) is 5.30. The molecular weight excluding hydrogens is 167 g/mol.